The number of allylic oxidation sites excluding steroid dienone is 2. The fraction of sp³-hybridized carbons (Fsp3) is 0.182. The summed E-state index contributed by atoms with van der Waals surface area (Å²) in [4.78, 5) is 14.3. The average molecular weight is 173 g/mol. The third kappa shape index (κ3) is 1.35. The van der Waals surface area contributed by atoms with Crippen LogP contribution in [-0.4, -0.2) is 10.8 Å². The number of H-pyrrole nitrogens is 1. The summed E-state index contributed by atoms with van der Waals surface area (Å²) in [7, 11) is 0. The van der Waals surface area contributed by atoms with E-state index in [1.54, 1.807) is 13.1 Å². The van der Waals surface area contributed by atoms with Crippen molar-refractivity contribution < 1.29 is 4.79 Å². The van der Waals surface area contributed by atoms with Gasteiger partial charge in [0.25, 0.3) is 0 Å². The number of rotatable bonds is 1. The minimum absolute atomic E-state index is 0.115. The molecule has 0 aromatic carbocycles. The van der Waals surface area contributed by atoms with Crippen LogP contribution in [-0.2, 0) is 0 Å². The van der Waals surface area contributed by atoms with Crippen molar-refractivity contribution in [2.24, 2.45) is 0 Å². The Morgan fingerprint density at radius 2 is 2.38 bits per heavy atom. The number of nitrogens with one attached hydrogen (secondary N) is 1. The van der Waals surface area contributed by atoms with Crippen LogP contribution in [0, 0.1) is 0 Å². The second-order valence-electron chi connectivity index (χ2n) is 3.12. The number of hydrogen-bond donors (Lipinski definition) is 1. The number of carbonyl (C=O) groups is 1. The Morgan fingerprint density at radius 3 is 3.15 bits per heavy atom. The van der Waals surface area contributed by atoms with Crippen molar-refractivity contribution in [3.8, 4) is 0 Å². The number of carbonyl (C=O) groups excluding carboxylic acids is 1. The van der Waals surface area contributed by atoms with E-state index < -0.39 is 0 Å². The number of Topliss-reactive ketones (excluding diaryl/α,β-unsaturated/α-hetero) is 1. The Bertz CT molecular complexity index is 477. The molecule has 0 saturated carbocycles. The molecule has 1 aliphatic carbocycles. The Hall–Kier alpha value is -1.57. The largest absolute Gasteiger partial charge is 0.360 e. The highest BCUT2D eigenvalue weighted by molar-refractivity contribution is 5.94. The Labute approximate surface area is 76.3 Å². The minimum atomic E-state index is 0.115. The van der Waals surface area contributed by atoms with E-state index in [1.807, 2.05) is 12.2 Å². The fourth-order valence-corrected chi connectivity index (χ4v) is 1.53. The normalized spacial score (nSPS) is 13.9. The molecule has 0 unspecified atom stereocenters. The zero-order chi connectivity index (χ0) is 9.26. The highest BCUT2D eigenvalue weighted by Gasteiger charge is 2.03. The minimum Gasteiger partial charge on any atom is -0.360 e. The zero-order valence-electron chi connectivity index (χ0n) is 7.50. The van der Waals surface area contributed by atoms with Crippen molar-refractivity contribution in [1.82, 2.24) is 4.98 Å². The molecule has 2 nitrogen and oxygen atoms in total. The van der Waals surface area contributed by atoms with Crippen LogP contribution in [0.25, 0.3) is 12.2 Å². The summed E-state index contributed by atoms with van der Waals surface area (Å²) in [6.07, 6.45) is 10.8. The molecule has 0 amide bonds. The van der Waals surface area contributed by atoms with Gasteiger partial charge in [-0.1, -0.05) is 18.2 Å². The van der Waals surface area contributed by atoms with Gasteiger partial charge >= 0.3 is 0 Å². The lowest BCUT2D eigenvalue weighted by Crippen LogP contribution is -2.25. The van der Waals surface area contributed by atoms with Crippen LogP contribution in [0.3, 0.4) is 0 Å². The quantitative estimate of drug-likeness (QED) is 0.624. The molecule has 2 rings (SSSR count). The zero-order valence-corrected chi connectivity index (χ0v) is 7.50. The average Bonchev–Trinajstić information content (AvgIpc) is 2.36. The summed E-state index contributed by atoms with van der Waals surface area (Å²) >= 11 is 0. The first-order chi connectivity index (χ1) is 6.29. The van der Waals surface area contributed by atoms with Gasteiger partial charge in [0.2, 0.25) is 0 Å². The first-order valence-corrected chi connectivity index (χ1v) is 4.34. The molecule has 66 valence electrons. The SMILES string of the molecule is CC(=O)c1c[nH]c2c1=CCC=CC=2. The van der Waals surface area contributed by atoms with Crippen molar-refractivity contribution in [1.29, 1.82) is 0 Å². The molecule has 1 aromatic rings. The van der Waals surface area contributed by atoms with E-state index in [-0.39, 0.29) is 5.78 Å². The van der Waals surface area contributed by atoms with Gasteiger partial charge in [-0.25, -0.2) is 0 Å². The van der Waals surface area contributed by atoms with Gasteiger partial charge in [0, 0.05) is 22.3 Å². The molecule has 1 aliphatic rings. The number of aromatic nitrogens is 1. The van der Waals surface area contributed by atoms with Crippen molar-refractivity contribution in [3.05, 3.63) is 34.5 Å². The van der Waals surface area contributed by atoms with Crippen LogP contribution >= 0.6 is 0 Å². The van der Waals surface area contributed by atoms with E-state index in [4.69, 9.17) is 0 Å². The molecule has 1 heterocycles. The summed E-state index contributed by atoms with van der Waals surface area (Å²) < 4.78 is 0. The topological polar surface area (TPSA) is 32.9 Å². The van der Waals surface area contributed by atoms with E-state index in [0.717, 1.165) is 22.6 Å². The first kappa shape index (κ1) is 8.05. The Balaban J connectivity index is 2.76. The van der Waals surface area contributed by atoms with E-state index in [2.05, 4.69) is 17.1 Å². The second-order valence-corrected chi connectivity index (χ2v) is 3.12. The van der Waals surface area contributed by atoms with Gasteiger partial charge in [0.15, 0.2) is 5.78 Å². The van der Waals surface area contributed by atoms with Gasteiger partial charge < -0.3 is 4.98 Å². The van der Waals surface area contributed by atoms with Gasteiger partial charge in [-0.3, -0.25) is 4.79 Å². The van der Waals surface area contributed by atoms with Crippen molar-refractivity contribution in [2.45, 2.75) is 13.3 Å². The lowest BCUT2D eigenvalue weighted by atomic mass is 10.2. The summed E-state index contributed by atoms with van der Waals surface area (Å²) in [5.41, 5.74) is 0.787. The van der Waals surface area contributed by atoms with Crippen LogP contribution in [0.15, 0.2) is 18.3 Å². The lowest BCUT2D eigenvalue weighted by molar-refractivity contribution is 0.101. The molecule has 0 atom stereocenters. The van der Waals surface area contributed by atoms with Crippen molar-refractivity contribution in [3.63, 3.8) is 0 Å². The summed E-state index contributed by atoms with van der Waals surface area (Å²) in [6, 6.07) is 0. The van der Waals surface area contributed by atoms with Gasteiger partial charge in [-0.15, -0.1) is 0 Å². The van der Waals surface area contributed by atoms with Gasteiger partial charge in [-0.05, 0) is 19.4 Å². The highest BCUT2D eigenvalue weighted by Crippen LogP contribution is 1.93. The molecule has 13 heavy (non-hydrogen) atoms. The third-order valence-corrected chi connectivity index (χ3v) is 2.19. The number of aromatic amines is 1. The molecule has 0 bridgehead atoms. The molecule has 0 spiro atoms. The van der Waals surface area contributed by atoms with E-state index in [9.17, 15) is 4.79 Å². The highest BCUT2D eigenvalue weighted by atomic mass is 16.1. The predicted octanol–water partition coefficient (Wildman–Crippen LogP) is 0.738. The molecule has 0 radical (unpaired) electrons. The maximum Gasteiger partial charge on any atom is 0.161 e. The predicted molar refractivity (Wildman–Crippen MR) is 52.7 cm³/mol. The lowest BCUT2D eigenvalue weighted by Gasteiger charge is -1.86. The molecule has 0 fully saturated rings. The molecule has 2 heteroatoms. The maximum atomic E-state index is 11.2. The number of fused-ring (bicyclic) bond motifs is 1. The summed E-state index contributed by atoms with van der Waals surface area (Å²) in [5.74, 6) is 0.115. The second kappa shape index (κ2) is 3.05. The number of hydrogen-bond acceptors (Lipinski definition) is 1. The fourth-order valence-electron chi connectivity index (χ4n) is 1.53. The molecular formula is C11H11NO. The molecular weight excluding hydrogens is 162 g/mol. The van der Waals surface area contributed by atoms with E-state index >= 15 is 0 Å². The maximum absolute atomic E-state index is 11.2. The van der Waals surface area contributed by atoms with Crippen LogP contribution in [0.5, 0.6) is 0 Å². The van der Waals surface area contributed by atoms with Gasteiger partial charge in [0.05, 0.1) is 0 Å². The van der Waals surface area contributed by atoms with Crippen molar-refractivity contribution >= 4 is 17.9 Å². The third-order valence-electron chi connectivity index (χ3n) is 2.19. The van der Waals surface area contributed by atoms with Crippen molar-refractivity contribution in [2.75, 3.05) is 0 Å². The van der Waals surface area contributed by atoms with Crippen LogP contribution in [0.2, 0.25) is 0 Å². The van der Waals surface area contributed by atoms with Gasteiger partial charge in [0.1, 0.15) is 0 Å². The van der Waals surface area contributed by atoms with Crippen LogP contribution in [0.1, 0.15) is 23.7 Å². The van der Waals surface area contributed by atoms with Crippen LogP contribution in [0.4, 0.5) is 0 Å². The van der Waals surface area contributed by atoms with E-state index in [1.165, 1.54) is 0 Å². The van der Waals surface area contributed by atoms with E-state index in [0.29, 0.717) is 0 Å². The monoisotopic (exact) mass is 173 g/mol. The molecule has 1 aromatic heterocycles. The molecule has 0 aliphatic heterocycles. The molecule has 1 N–H and O–H groups in total. The standard InChI is InChI=1S/C11H11NO/c1-8(13)10-7-12-11-6-4-2-3-5-9(10)11/h2,4-7,12H,3H2,1H3. The Morgan fingerprint density at radius 1 is 1.54 bits per heavy atom. The Kier molecular flexibility index (Phi) is 1.89. The van der Waals surface area contributed by atoms with Crippen LogP contribution < -0.4 is 10.6 Å². The van der Waals surface area contributed by atoms with Gasteiger partial charge in [-0.2, -0.15) is 0 Å². The molecule has 0 saturated heterocycles. The number of ketones is 1. The first-order valence-electron chi connectivity index (χ1n) is 4.34. The summed E-state index contributed by atoms with van der Waals surface area (Å²) in [5, 5.41) is 2.07. The summed E-state index contributed by atoms with van der Waals surface area (Å²) in [6.45, 7) is 1.59. The smallest absolute Gasteiger partial charge is 0.161 e.